The summed E-state index contributed by atoms with van der Waals surface area (Å²) in [5.41, 5.74) is 0.968. The zero-order valence-corrected chi connectivity index (χ0v) is 32.8. The fourth-order valence-electron chi connectivity index (χ4n) is 4.07. The fourth-order valence-corrected chi connectivity index (χ4v) is 4.35. The van der Waals surface area contributed by atoms with Crippen molar-refractivity contribution in [1.82, 2.24) is 19.9 Å². The molecule has 50 heavy (non-hydrogen) atoms. The highest BCUT2D eigenvalue weighted by molar-refractivity contribution is 6.31. The van der Waals surface area contributed by atoms with Gasteiger partial charge in [0, 0.05) is 45.8 Å². The van der Waals surface area contributed by atoms with Crippen LogP contribution in [0.2, 0.25) is 10.0 Å². The smallest absolute Gasteiger partial charge is 0.181 e. The first-order chi connectivity index (χ1) is 22.5. The molecule has 0 saturated carbocycles. The lowest BCUT2D eigenvalue weighted by molar-refractivity contribution is 0.447. The highest BCUT2D eigenvalue weighted by atomic mass is 35.5. The van der Waals surface area contributed by atoms with Crippen LogP contribution >= 0.6 is 23.2 Å². The zero-order valence-electron chi connectivity index (χ0n) is 31.3. The van der Waals surface area contributed by atoms with Crippen molar-refractivity contribution in [3.8, 4) is 0 Å². The second-order valence-electron chi connectivity index (χ2n) is 15.8. The lowest BCUT2D eigenvalue weighted by Crippen LogP contribution is -2.17. The molecule has 0 aromatic carbocycles. The normalized spacial score (nSPS) is 11.8. The monoisotopic (exact) mass is 744 g/mol. The quantitative estimate of drug-likeness (QED) is 0.168. The molecule has 0 N–H and O–H groups in total. The predicted octanol–water partition coefficient (Wildman–Crippen LogP) is 12.3. The van der Waals surface area contributed by atoms with Crippen molar-refractivity contribution in [2.24, 2.45) is 0 Å². The minimum atomic E-state index is -0.827. The summed E-state index contributed by atoms with van der Waals surface area (Å²) in [4.78, 5) is 15.6. The Labute approximate surface area is 303 Å². The largest absolute Gasteiger partial charge is 0.258 e. The van der Waals surface area contributed by atoms with Gasteiger partial charge >= 0.3 is 0 Å². The van der Waals surface area contributed by atoms with Crippen LogP contribution in [0, 0.1) is 48.8 Å². The molecule has 4 rings (SSSR count). The summed E-state index contributed by atoms with van der Waals surface area (Å²) in [6.45, 7) is 25.6. The van der Waals surface area contributed by atoms with E-state index in [4.69, 9.17) is 23.2 Å². The van der Waals surface area contributed by atoms with Crippen molar-refractivity contribution in [3.63, 3.8) is 0 Å². The second-order valence-corrected chi connectivity index (χ2v) is 16.6. The van der Waals surface area contributed by atoms with Crippen LogP contribution in [0.1, 0.15) is 117 Å². The first-order valence-electron chi connectivity index (χ1n) is 15.8. The van der Waals surface area contributed by atoms with E-state index in [2.05, 4.69) is 19.9 Å². The maximum absolute atomic E-state index is 13.3. The summed E-state index contributed by atoms with van der Waals surface area (Å²) < 4.78 is 79.1. The maximum atomic E-state index is 13.3. The molecule has 0 amide bonds. The summed E-state index contributed by atoms with van der Waals surface area (Å²) in [5.74, 6) is -3.83. The van der Waals surface area contributed by atoms with Gasteiger partial charge < -0.3 is 0 Å². The Kier molecular flexibility index (Phi) is 15.5. The van der Waals surface area contributed by atoms with E-state index < -0.39 is 44.9 Å². The Morgan fingerprint density at radius 3 is 1.34 bits per heavy atom. The van der Waals surface area contributed by atoms with Gasteiger partial charge in [0.2, 0.25) is 0 Å². The van der Waals surface area contributed by atoms with Gasteiger partial charge in [-0.15, -0.1) is 0 Å². The SMILES string of the molecule is CC(C)(C)c1ncc(F)c(Cl)c1F.CC(C)(C)c1nccc(Cl)c1F.Cc1cnc(C(C)(C)C)c(F)c1.Cc1cnc(C(C)(C)C)c(F)c1F. The maximum Gasteiger partial charge on any atom is 0.181 e. The van der Waals surface area contributed by atoms with Crippen molar-refractivity contribution < 1.29 is 26.3 Å². The van der Waals surface area contributed by atoms with Crippen LogP contribution in [0.4, 0.5) is 26.3 Å². The van der Waals surface area contributed by atoms with Gasteiger partial charge in [-0.05, 0) is 31.5 Å². The molecule has 0 saturated heterocycles. The van der Waals surface area contributed by atoms with Gasteiger partial charge in [0.25, 0.3) is 0 Å². The van der Waals surface area contributed by atoms with Crippen LogP contribution in [0.3, 0.4) is 0 Å². The Hall–Kier alpha value is -3.24. The van der Waals surface area contributed by atoms with Crippen molar-refractivity contribution in [3.05, 3.63) is 116 Å². The van der Waals surface area contributed by atoms with Gasteiger partial charge in [-0.3, -0.25) is 19.9 Å². The van der Waals surface area contributed by atoms with Gasteiger partial charge in [0.1, 0.15) is 10.8 Å². The van der Waals surface area contributed by atoms with Crippen LogP contribution in [0.15, 0.2) is 36.9 Å². The van der Waals surface area contributed by atoms with Gasteiger partial charge in [-0.25, -0.2) is 26.3 Å². The molecule has 0 spiro atoms. The molecular weight excluding hydrogens is 697 g/mol. The number of hydrogen-bond donors (Lipinski definition) is 0. The number of hydrogen-bond acceptors (Lipinski definition) is 4. The van der Waals surface area contributed by atoms with Gasteiger partial charge in [-0.1, -0.05) is 106 Å². The molecule has 0 aliphatic rings. The van der Waals surface area contributed by atoms with Crippen molar-refractivity contribution in [1.29, 1.82) is 0 Å². The molecular formula is C38H48Cl2F6N4. The highest BCUT2D eigenvalue weighted by Crippen LogP contribution is 2.29. The minimum absolute atomic E-state index is 0.134. The van der Waals surface area contributed by atoms with Gasteiger partial charge in [0.05, 0.1) is 34.0 Å². The second kappa shape index (κ2) is 17.3. The summed E-state index contributed by atoms with van der Waals surface area (Å²) in [6.07, 6.45) is 5.51. The lowest BCUT2D eigenvalue weighted by atomic mass is 9.91. The van der Waals surface area contributed by atoms with Crippen molar-refractivity contribution in [2.75, 3.05) is 0 Å². The molecule has 4 aromatic rings. The molecule has 0 bridgehead atoms. The summed E-state index contributed by atoms with van der Waals surface area (Å²) in [7, 11) is 0. The van der Waals surface area contributed by atoms with Crippen LogP contribution in [0.5, 0.6) is 0 Å². The summed E-state index contributed by atoms with van der Waals surface area (Å²) >= 11 is 11.0. The molecule has 0 atom stereocenters. The highest BCUT2D eigenvalue weighted by Gasteiger charge is 2.25. The lowest BCUT2D eigenvalue weighted by Gasteiger charge is -2.18. The molecule has 4 heterocycles. The Bertz CT molecular complexity index is 1690. The number of pyridine rings is 4. The first-order valence-corrected chi connectivity index (χ1v) is 16.5. The zero-order chi connectivity index (χ0) is 39.2. The third kappa shape index (κ3) is 12.8. The van der Waals surface area contributed by atoms with Crippen LogP contribution in [-0.2, 0) is 21.7 Å². The molecule has 4 nitrogen and oxygen atoms in total. The number of aryl methyl sites for hydroxylation is 2. The van der Waals surface area contributed by atoms with E-state index in [1.54, 1.807) is 47.7 Å². The first kappa shape index (κ1) is 44.8. The third-order valence-electron chi connectivity index (χ3n) is 6.71. The number of rotatable bonds is 0. The average molecular weight is 746 g/mol. The van der Waals surface area contributed by atoms with Crippen molar-refractivity contribution >= 4 is 23.2 Å². The molecule has 0 aliphatic carbocycles. The van der Waals surface area contributed by atoms with E-state index in [9.17, 15) is 26.3 Å². The van der Waals surface area contributed by atoms with E-state index in [0.29, 0.717) is 11.4 Å². The fraction of sp³-hybridized carbons (Fsp3) is 0.474. The topological polar surface area (TPSA) is 51.6 Å². The Balaban J connectivity index is 0.000000334. The van der Waals surface area contributed by atoms with Crippen LogP contribution < -0.4 is 0 Å². The molecule has 0 fully saturated rings. The number of nitrogens with zero attached hydrogens (tertiary/aromatic N) is 4. The van der Waals surface area contributed by atoms with Crippen LogP contribution in [-0.4, -0.2) is 19.9 Å². The standard InChI is InChI=1S/C10H13F2N.C10H14FN.C9H10ClF2N.C9H11ClFN/c1-6-5-13-9(10(2,3)4)8(12)7(6)11;1-7-5-8(11)9(12-6-7)10(2,3)4;1-9(2,3)8-7(12)6(10)5(11)4-13-8;1-9(2,3)8-7(11)6(10)4-5-12-8/h5H,1-4H3;5-6H,1-4H3;4H,1-3H3;4-5H,1-3H3. The van der Waals surface area contributed by atoms with Crippen LogP contribution in [0.25, 0.3) is 0 Å². The van der Waals surface area contributed by atoms with E-state index in [-0.39, 0.29) is 38.6 Å². The molecule has 276 valence electrons. The molecule has 12 heteroatoms. The number of halogens is 8. The van der Waals surface area contributed by atoms with Gasteiger partial charge in [-0.2, -0.15) is 0 Å². The van der Waals surface area contributed by atoms with Crippen molar-refractivity contribution in [2.45, 2.75) is 119 Å². The predicted molar refractivity (Wildman–Crippen MR) is 191 cm³/mol. The molecule has 0 radical (unpaired) electrons. The average Bonchev–Trinajstić information content (AvgIpc) is 2.94. The number of aromatic nitrogens is 4. The van der Waals surface area contributed by atoms with E-state index in [0.717, 1.165) is 11.8 Å². The molecule has 0 aliphatic heterocycles. The van der Waals surface area contributed by atoms with E-state index in [1.165, 1.54) is 31.5 Å². The van der Waals surface area contributed by atoms with Gasteiger partial charge in [0.15, 0.2) is 29.1 Å². The third-order valence-corrected chi connectivity index (χ3v) is 7.35. The molecule has 4 aromatic heterocycles. The molecule has 0 unspecified atom stereocenters. The Morgan fingerprint density at radius 1 is 0.480 bits per heavy atom. The Morgan fingerprint density at radius 2 is 0.900 bits per heavy atom. The summed E-state index contributed by atoms with van der Waals surface area (Å²) in [5, 5.41) is -0.352. The van der Waals surface area contributed by atoms with E-state index in [1.807, 2.05) is 48.5 Å². The van der Waals surface area contributed by atoms with E-state index >= 15 is 0 Å². The summed E-state index contributed by atoms with van der Waals surface area (Å²) in [6, 6.07) is 2.97. The minimum Gasteiger partial charge on any atom is -0.258 e.